The summed E-state index contributed by atoms with van der Waals surface area (Å²) in [5.41, 5.74) is 7.10. The van der Waals surface area contributed by atoms with Gasteiger partial charge in [0.25, 0.3) is 0 Å². The van der Waals surface area contributed by atoms with E-state index in [9.17, 15) is 0 Å². The fraction of sp³-hybridized carbons (Fsp3) is 0.0357. The molecule has 0 bridgehead atoms. The van der Waals surface area contributed by atoms with Gasteiger partial charge in [-0.15, -0.1) is 0 Å². The lowest BCUT2D eigenvalue weighted by Gasteiger charge is -2.18. The molecular weight excluding hydrogens is 382 g/mol. The minimum atomic E-state index is 1.02. The van der Waals surface area contributed by atoms with Gasteiger partial charge in [0.2, 0.25) is 0 Å². The van der Waals surface area contributed by atoms with E-state index in [-0.39, 0.29) is 0 Å². The van der Waals surface area contributed by atoms with Gasteiger partial charge in [-0.25, -0.2) is 4.98 Å². The second kappa shape index (κ2) is 8.17. The highest BCUT2D eigenvalue weighted by atomic mass is 32.2. The van der Waals surface area contributed by atoms with Crippen molar-refractivity contribution in [2.24, 2.45) is 0 Å². The van der Waals surface area contributed by atoms with Gasteiger partial charge in [-0.3, -0.25) is 0 Å². The molecule has 0 fully saturated rings. The zero-order chi connectivity index (χ0) is 20.3. The molecule has 5 aromatic rings. The molecule has 0 saturated heterocycles. The molecule has 1 heterocycles. The van der Waals surface area contributed by atoms with E-state index in [0.29, 0.717) is 0 Å². The molecule has 0 N–H and O–H groups in total. The Labute approximate surface area is 181 Å². The topological polar surface area (TPSA) is 12.9 Å². The fourth-order valence-electron chi connectivity index (χ4n) is 3.76. The summed E-state index contributed by atoms with van der Waals surface area (Å²) in [6, 6.07) is 38.4. The SMILES string of the molecule is Cc1ccc(Sc2nc3ccccc3c(-c3ccccc3)c2-c2ccccc2)cc1. The van der Waals surface area contributed by atoms with Crippen molar-refractivity contribution in [3.63, 3.8) is 0 Å². The molecular formula is C28H21NS. The van der Waals surface area contributed by atoms with Crippen molar-refractivity contribution >= 4 is 22.7 Å². The number of pyridine rings is 1. The molecule has 144 valence electrons. The molecule has 0 radical (unpaired) electrons. The normalized spacial score (nSPS) is 11.0. The van der Waals surface area contributed by atoms with Crippen molar-refractivity contribution in [2.75, 3.05) is 0 Å². The average molecular weight is 404 g/mol. The Balaban J connectivity index is 1.83. The molecule has 0 aliphatic carbocycles. The maximum atomic E-state index is 5.12. The minimum Gasteiger partial charge on any atom is -0.240 e. The standard InChI is InChI=1S/C28H21NS/c1-20-16-18-23(19-17-20)30-28-27(22-12-6-3-7-13-22)26(21-10-4-2-5-11-21)24-14-8-9-15-25(24)29-28/h2-19H,1H3. The van der Waals surface area contributed by atoms with Crippen molar-refractivity contribution in [1.29, 1.82) is 0 Å². The van der Waals surface area contributed by atoms with Gasteiger partial charge in [0, 0.05) is 21.4 Å². The Morgan fingerprint density at radius 3 is 1.80 bits per heavy atom. The highest BCUT2D eigenvalue weighted by Gasteiger charge is 2.19. The maximum absolute atomic E-state index is 5.12. The number of fused-ring (bicyclic) bond motifs is 1. The van der Waals surface area contributed by atoms with Gasteiger partial charge >= 0.3 is 0 Å². The second-order valence-electron chi connectivity index (χ2n) is 7.33. The molecule has 4 aromatic carbocycles. The summed E-state index contributed by atoms with van der Waals surface area (Å²) in [6.45, 7) is 2.12. The van der Waals surface area contributed by atoms with Gasteiger partial charge in [-0.1, -0.05) is 108 Å². The van der Waals surface area contributed by atoms with Crippen LogP contribution in [0.1, 0.15) is 5.56 Å². The quantitative estimate of drug-likeness (QED) is 0.301. The number of nitrogens with zero attached hydrogens (tertiary/aromatic N) is 1. The third-order valence-electron chi connectivity index (χ3n) is 5.22. The summed E-state index contributed by atoms with van der Waals surface area (Å²) < 4.78 is 0. The van der Waals surface area contributed by atoms with Gasteiger partial charge in [0.05, 0.1) is 5.52 Å². The molecule has 0 atom stereocenters. The first kappa shape index (κ1) is 18.7. The lowest BCUT2D eigenvalue weighted by atomic mass is 9.92. The van der Waals surface area contributed by atoms with E-state index in [2.05, 4.69) is 116 Å². The Morgan fingerprint density at radius 2 is 1.13 bits per heavy atom. The van der Waals surface area contributed by atoms with Crippen molar-refractivity contribution in [3.05, 3.63) is 115 Å². The van der Waals surface area contributed by atoms with Gasteiger partial charge < -0.3 is 0 Å². The van der Waals surface area contributed by atoms with Crippen LogP contribution in [0, 0.1) is 6.92 Å². The molecule has 0 spiro atoms. The van der Waals surface area contributed by atoms with Crippen LogP contribution in [0.2, 0.25) is 0 Å². The Kier molecular flexibility index (Phi) is 5.08. The van der Waals surface area contributed by atoms with Crippen molar-refractivity contribution < 1.29 is 0 Å². The van der Waals surface area contributed by atoms with E-state index in [4.69, 9.17) is 4.98 Å². The monoisotopic (exact) mass is 403 g/mol. The molecule has 0 saturated carbocycles. The Hall–Kier alpha value is -3.36. The van der Waals surface area contributed by atoms with Gasteiger partial charge in [-0.05, 0) is 36.2 Å². The van der Waals surface area contributed by atoms with Crippen molar-refractivity contribution in [2.45, 2.75) is 16.8 Å². The molecule has 5 rings (SSSR count). The van der Waals surface area contributed by atoms with Crippen LogP contribution in [0.3, 0.4) is 0 Å². The third-order valence-corrected chi connectivity index (χ3v) is 6.22. The summed E-state index contributed by atoms with van der Waals surface area (Å²) in [5, 5.41) is 2.21. The summed E-state index contributed by atoms with van der Waals surface area (Å²) in [7, 11) is 0. The first-order valence-corrected chi connectivity index (χ1v) is 10.9. The third kappa shape index (κ3) is 3.62. The van der Waals surface area contributed by atoms with Crippen molar-refractivity contribution in [1.82, 2.24) is 4.98 Å². The van der Waals surface area contributed by atoms with Gasteiger partial charge in [-0.2, -0.15) is 0 Å². The number of para-hydroxylation sites is 1. The number of benzene rings is 4. The fourth-order valence-corrected chi connectivity index (χ4v) is 4.72. The van der Waals surface area contributed by atoms with E-state index < -0.39 is 0 Å². The smallest absolute Gasteiger partial charge is 0.110 e. The highest BCUT2D eigenvalue weighted by Crippen LogP contribution is 2.44. The predicted molar refractivity (Wildman–Crippen MR) is 128 cm³/mol. The minimum absolute atomic E-state index is 1.02. The zero-order valence-electron chi connectivity index (χ0n) is 16.7. The van der Waals surface area contributed by atoms with Crippen LogP contribution in [0.4, 0.5) is 0 Å². The lowest BCUT2D eigenvalue weighted by molar-refractivity contribution is 1.19. The summed E-state index contributed by atoms with van der Waals surface area (Å²) in [4.78, 5) is 6.31. The number of hydrogen-bond donors (Lipinski definition) is 0. The number of rotatable bonds is 4. The molecule has 30 heavy (non-hydrogen) atoms. The molecule has 0 amide bonds. The molecule has 1 aromatic heterocycles. The Bertz CT molecular complexity index is 1290. The summed E-state index contributed by atoms with van der Waals surface area (Å²) in [6.07, 6.45) is 0. The molecule has 0 aliphatic heterocycles. The average Bonchev–Trinajstić information content (AvgIpc) is 2.81. The number of aryl methyl sites for hydroxylation is 1. The Morgan fingerprint density at radius 1 is 0.567 bits per heavy atom. The van der Waals surface area contributed by atoms with Crippen LogP contribution < -0.4 is 0 Å². The van der Waals surface area contributed by atoms with Gasteiger partial charge in [0.15, 0.2) is 0 Å². The molecule has 0 unspecified atom stereocenters. The maximum Gasteiger partial charge on any atom is 0.110 e. The summed E-state index contributed by atoms with van der Waals surface area (Å²) in [5.74, 6) is 0. The highest BCUT2D eigenvalue weighted by molar-refractivity contribution is 7.99. The molecule has 1 nitrogen and oxygen atoms in total. The van der Waals surface area contributed by atoms with Crippen LogP contribution in [0.15, 0.2) is 119 Å². The van der Waals surface area contributed by atoms with Gasteiger partial charge in [0.1, 0.15) is 5.03 Å². The first-order valence-electron chi connectivity index (χ1n) is 10.1. The van der Waals surface area contributed by atoms with E-state index in [0.717, 1.165) is 10.5 Å². The van der Waals surface area contributed by atoms with E-state index in [1.807, 2.05) is 0 Å². The zero-order valence-corrected chi connectivity index (χ0v) is 17.6. The molecule has 0 aliphatic rings. The van der Waals surface area contributed by atoms with Crippen molar-refractivity contribution in [3.8, 4) is 22.3 Å². The second-order valence-corrected chi connectivity index (χ2v) is 8.39. The van der Waals surface area contributed by atoms with Crippen LogP contribution in [-0.2, 0) is 0 Å². The van der Waals surface area contributed by atoms with Crippen LogP contribution in [0.25, 0.3) is 33.2 Å². The van der Waals surface area contributed by atoms with E-state index in [1.54, 1.807) is 11.8 Å². The van der Waals surface area contributed by atoms with Crippen LogP contribution in [0.5, 0.6) is 0 Å². The largest absolute Gasteiger partial charge is 0.240 e. The van der Waals surface area contributed by atoms with E-state index in [1.165, 1.54) is 38.1 Å². The van der Waals surface area contributed by atoms with Crippen LogP contribution >= 0.6 is 11.8 Å². The molecule has 2 heteroatoms. The first-order chi connectivity index (χ1) is 14.8. The predicted octanol–water partition coefficient (Wildman–Crippen LogP) is 8.03. The summed E-state index contributed by atoms with van der Waals surface area (Å²) >= 11 is 1.73. The number of aromatic nitrogens is 1. The van der Waals surface area contributed by atoms with E-state index >= 15 is 0 Å². The van der Waals surface area contributed by atoms with Crippen LogP contribution in [-0.4, -0.2) is 4.98 Å². The lowest BCUT2D eigenvalue weighted by Crippen LogP contribution is -1.95. The number of hydrogen-bond acceptors (Lipinski definition) is 2.